The summed E-state index contributed by atoms with van der Waals surface area (Å²) < 4.78 is 0. The van der Waals surface area contributed by atoms with Gasteiger partial charge in [-0.05, 0) is 44.2 Å². The average molecular weight is 278 g/mol. The van der Waals surface area contributed by atoms with Crippen LogP contribution in [0.5, 0.6) is 0 Å². The van der Waals surface area contributed by atoms with E-state index in [0.717, 1.165) is 0 Å². The van der Waals surface area contributed by atoms with Crippen molar-refractivity contribution in [2.75, 3.05) is 0 Å². The first-order valence-electron chi connectivity index (χ1n) is 7.64. The Morgan fingerprint density at radius 2 is 1.14 bits per heavy atom. The SMILES string of the molecule is c1ccc(-c2cccc3c2-c2c-3ccc3ccccc23)cc1. The third-order valence-corrected chi connectivity index (χ3v) is 4.62. The predicted octanol–water partition coefficient (Wildman–Crippen LogP) is 6.15. The molecule has 1 aliphatic rings. The normalized spacial score (nSPS) is 11.6. The highest BCUT2D eigenvalue weighted by Crippen LogP contribution is 2.54. The van der Waals surface area contributed by atoms with Crippen LogP contribution in [0.25, 0.3) is 44.2 Å². The quantitative estimate of drug-likeness (QED) is 0.345. The molecule has 0 unspecified atom stereocenters. The summed E-state index contributed by atoms with van der Waals surface area (Å²) >= 11 is 0. The summed E-state index contributed by atoms with van der Waals surface area (Å²) in [6.07, 6.45) is 0. The van der Waals surface area contributed by atoms with Crippen molar-refractivity contribution in [1.82, 2.24) is 0 Å². The maximum Gasteiger partial charge on any atom is -0.00141 e. The lowest BCUT2D eigenvalue weighted by Crippen LogP contribution is -2.01. The minimum absolute atomic E-state index is 1.29. The van der Waals surface area contributed by atoms with Crippen LogP contribution in [0.3, 0.4) is 0 Å². The van der Waals surface area contributed by atoms with Gasteiger partial charge in [0.05, 0.1) is 0 Å². The predicted molar refractivity (Wildman–Crippen MR) is 93.8 cm³/mol. The highest BCUT2D eigenvalue weighted by atomic mass is 14.3. The van der Waals surface area contributed by atoms with Crippen LogP contribution in [0.4, 0.5) is 0 Å². The lowest BCUT2D eigenvalue weighted by molar-refractivity contribution is 1.53. The monoisotopic (exact) mass is 278 g/mol. The van der Waals surface area contributed by atoms with Gasteiger partial charge in [-0.2, -0.15) is 0 Å². The summed E-state index contributed by atoms with van der Waals surface area (Å²) in [7, 11) is 0. The Kier molecular flexibility index (Phi) is 2.31. The molecule has 0 spiro atoms. The number of hydrogen-bond acceptors (Lipinski definition) is 0. The van der Waals surface area contributed by atoms with Gasteiger partial charge in [0, 0.05) is 0 Å². The van der Waals surface area contributed by atoms with Crippen molar-refractivity contribution < 1.29 is 0 Å². The van der Waals surface area contributed by atoms with Crippen LogP contribution >= 0.6 is 0 Å². The number of rotatable bonds is 1. The van der Waals surface area contributed by atoms with E-state index < -0.39 is 0 Å². The summed E-state index contributed by atoms with van der Waals surface area (Å²) in [6, 6.07) is 30.5. The first-order chi connectivity index (χ1) is 10.9. The van der Waals surface area contributed by atoms with Crippen LogP contribution in [0.15, 0.2) is 84.9 Å². The molecule has 1 aliphatic carbocycles. The standard InChI is InChI=1S/C22H14/c1-2-7-15(8-3-1)18-11-6-12-19-20-14-13-16-9-4-5-10-17(16)22(20)21(18)19/h1-14H. The van der Waals surface area contributed by atoms with E-state index in [-0.39, 0.29) is 0 Å². The molecule has 0 nitrogen and oxygen atoms in total. The average Bonchev–Trinajstić information content (AvgIpc) is 2.58. The van der Waals surface area contributed by atoms with Crippen molar-refractivity contribution in [1.29, 1.82) is 0 Å². The summed E-state index contributed by atoms with van der Waals surface area (Å²) in [4.78, 5) is 0. The van der Waals surface area contributed by atoms with Gasteiger partial charge in [-0.3, -0.25) is 0 Å². The molecule has 5 rings (SSSR count). The summed E-state index contributed by atoms with van der Waals surface area (Å²) in [5, 5.41) is 2.67. The van der Waals surface area contributed by atoms with E-state index in [1.807, 2.05) is 0 Å². The van der Waals surface area contributed by atoms with Gasteiger partial charge in [0.25, 0.3) is 0 Å². The zero-order valence-electron chi connectivity index (χ0n) is 12.1. The molecule has 0 heterocycles. The first kappa shape index (κ1) is 11.8. The van der Waals surface area contributed by atoms with Crippen molar-refractivity contribution >= 4 is 10.8 Å². The molecule has 0 bridgehead atoms. The van der Waals surface area contributed by atoms with Gasteiger partial charge in [-0.1, -0.05) is 84.9 Å². The van der Waals surface area contributed by atoms with E-state index in [4.69, 9.17) is 0 Å². The largest absolute Gasteiger partial charge is 0.0622 e. The van der Waals surface area contributed by atoms with Crippen molar-refractivity contribution in [2.24, 2.45) is 0 Å². The minimum Gasteiger partial charge on any atom is -0.0622 e. The third-order valence-electron chi connectivity index (χ3n) is 4.62. The van der Waals surface area contributed by atoms with Gasteiger partial charge < -0.3 is 0 Å². The van der Waals surface area contributed by atoms with E-state index in [1.54, 1.807) is 0 Å². The number of benzene rings is 4. The van der Waals surface area contributed by atoms with E-state index in [2.05, 4.69) is 84.9 Å². The molecule has 0 heteroatoms. The van der Waals surface area contributed by atoms with Gasteiger partial charge in [0.1, 0.15) is 0 Å². The highest BCUT2D eigenvalue weighted by molar-refractivity contribution is 6.18. The number of hydrogen-bond donors (Lipinski definition) is 0. The van der Waals surface area contributed by atoms with Crippen molar-refractivity contribution in [2.45, 2.75) is 0 Å². The van der Waals surface area contributed by atoms with Gasteiger partial charge >= 0.3 is 0 Å². The molecule has 0 saturated carbocycles. The molecule has 4 aromatic rings. The molecule has 0 saturated heterocycles. The molecular formula is C22H14. The molecule has 0 N–H and O–H groups in total. The van der Waals surface area contributed by atoms with Gasteiger partial charge in [0.2, 0.25) is 0 Å². The van der Waals surface area contributed by atoms with E-state index >= 15 is 0 Å². The Hall–Kier alpha value is -2.86. The second kappa shape index (κ2) is 4.32. The van der Waals surface area contributed by atoms with Gasteiger partial charge in [-0.25, -0.2) is 0 Å². The van der Waals surface area contributed by atoms with Crippen molar-refractivity contribution in [3.63, 3.8) is 0 Å². The molecule has 0 aliphatic heterocycles. The van der Waals surface area contributed by atoms with Crippen LogP contribution in [0.2, 0.25) is 0 Å². The summed E-state index contributed by atoms with van der Waals surface area (Å²) in [5.41, 5.74) is 8.20. The smallest absolute Gasteiger partial charge is 0.00141 e. The molecule has 102 valence electrons. The molecule has 4 aromatic carbocycles. The zero-order chi connectivity index (χ0) is 14.5. The molecular weight excluding hydrogens is 264 g/mol. The van der Waals surface area contributed by atoms with Crippen molar-refractivity contribution in [3.8, 4) is 33.4 Å². The van der Waals surface area contributed by atoms with Crippen LogP contribution in [0, 0.1) is 0 Å². The third kappa shape index (κ3) is 1.47. The summed E-state index contributed by atoms with van der Waals surface area (Å²) in [6.45, 7) is 0. The fourth-order valence-electron chi connectivity index (χ4n) is 3.61. The molecule has 0 aromatic heterocycles. The molecule has 0 atom stereocenters. The fraction of sp³-hybridized carbons (Fsp3) is 0. The van der Waals surface area contributed by atoms with Gasteiger partial charge in [-0.15, -0.1) is 0 Å². The molecule has 0 fully saturated rings. The van der Waals surface area contributed by atoms with E-state index in [0.29, 0.717) is 0 Å². The molecule has 0 radical (unpaired) electrons. The van der Waals surface area contributed by atoms with E-state index in [1.165, 1.54) is 44.2 Å². The number of fused-ring (bicyclic) bond motifs is 6. The Labute approximate surface area is 129 Å². The second-order valence-corrected chi connectivity index (χ2v) is 5.80. The second-order valence-electron chi connectivity index (χ2n) is 5.80. The maximum absolute atomic E-state index is 2.26. The van der Waals surface area contributed by atoms with Crippen LogP contribution in [0.1, 0.15) is 0 Å². The maximum atomic E-state index is 2.26. The van der Waals surface area contributed by atoms with Crippen LogP contribution in [-0.4, -0.2) is 0 Å². The van der Waals surface area contributed by atoms with Crippen LogP contribution < -0.4 is 0 Å². The van der Waals surface area contributed by atoms with E-state index in [9.17, 15) is 0 Å². The summed E-state index contributed by atoms with van der Waals surface area (Å²) in [5.74, 6) is 0. The first-order valence-corrected chi connectivity index (χ1v) is 7.64. The lowest BCUT2D eigenvalue weighted by atomic mass is 9.74. The van der Waals surface area contributed by atoms with Gasteiger partial charge in [0.15, 0.2) is 0 Å². The fourth-order valence-corrected chi connectivity index (χ4v) is 3.61. The Balaban J connectivity index is 1.85. The topological polar surface area (TPSA) is 0 Å². The lowest BCUT2D eigenvalue weighted by Gasteiger charge is -2.28. The Morgan fingerprint density at radius 1 is 0.409 bits per heavy atom. The Morgan fingerprint density at radius 3 is 2.05 bits per heavy atom. The molecule has 22 heavy (non-hydrogen) atoms. The minimum atomic E-state index is 1.29. The Bertz CT molecular complexity index is 1010. The van der Waals surface area contributed by atoms with Crippen LogP contribution in [-0.2, 0) is 0 Å². The van der Waals surface area contributed by atoms with Crippen molar-refractivity contribution in [3.05, 3.63) is 84.9 Å². The highest BCUT2D eigenvalue weighted by Gasteiger charge is 2.27. The molecule has 0 amide bonds. The zero-order valence-corrected chi connectivity index (χ0v) is 12.1.